The van der Waals surface area contributed by atoms with Gasteiger partial charge in [-0.3, -0.25) is 9.89 Å². The molecule has 0 radical (unpaired) electrons. The second kappa shape index (κ2) is 4.45. The average molecular weight is 257 g/mol. The first kappa shape index (κ1) is 11.3. The fourth-order valence-electron chi connectivity index (χ4n) is 1.80. The monoisotopic (exact) mass is 257 g/mol. The van der Waals surface area contributed by atoms with E-state index in [0.717, 1.165) is 5.39 Å². The number of hydrogen-bond donors (Lipinski definition) is 3. The molecule has 7 nitrogen and oxygen atoms in total. The van der Waals surface area contributed by atoms with E-state index in [-0.39, 0.29) is 12.3 Å². The van der Waals surface area contributed by atoms with E-state index >= 15 is 0 Å². The van der Waals surface area contributed by atoms with E-state index < -0.39 is 0 Å². The van der Waals surface area contributed by atoms with Crippen molar-refractivity contribution in [1.29, 1.82) is 0 Å². The van der Waals surface area contributed by atoms with Crippen LogP contribution in [0.15, 0.2) is 35.0 Å². The number of para-hydroxylation sites is 1. The van der Waals surface area contributed by atoms with Crippen LogP contribution in [0, 0.1) is 0 Å². The third-order valence-electron chi connectivity index (χ3n) is 2.71. The highest BCUT2D eigenvalue weighted by molar-refractivity contribution is 5.95. The molecule has 3 aromatic rings. The second-order valence-electron chi connectivity index (χ2n) is 4.05. The molecule has 0 saturated carbocycles. The minimum atomic E-state index is -0.241. The molecule has 0 aliphatic heterocycles. The number of carbonyl (C=O) groups excluding carboxylic acids is 1. The largest absolute Gasteiger partial charge is 0.394 e. The second-order valence-corrected chi connectivity index (χ2v) is 4.05. The van der Waals surface area contributed by atoms with Crippen molar-refractivity contribution >= 4 is 28.4 Å². The third-order valence-corrected chi connectivity index (χ3v) is 2.71. The summed E-state index contributed by atoms with van der Waals surface area (Å²) in [5, 5.41) is 13.7. The Morgan fingerprint density at radius 3 is 3.05 bits per heavy atom. The summed E-state index contributed by atoms with van der Waals surface area (Å²) in [6.45, 7) is 0. The lowest BCUT2D eigenvalue weighted by molar-refractivity contribution is -0.115. The number of fused-ring (bicyclic) bond motifs is 1. The number of anilines is 2. The van der Waals surface area contributed by atoms with E-state index in [9.17, 15) is 4.79 Å². The van der Waals surface area contributed by atoms with E-state index in [2.05, 4.69) is 20.7 Å². The van der Waals surface area contributed by atoms with Gasteiger partial charge in [0.2, 0.25) is 5.91 Å². The van der Waals surface area contributed by atoms with Crippen LogP contribution in [0.3, 0.4) is 0 Å². The van der Waals surface area contributed by atoms with E-state index in [1.807, 2.05) is 18.2 Å². The summed E-state index contributed by atoms with van der Waals surface area (Å²) in [6.07, 6.45) is 1.54. The first-order valence-corrected chi connectivity index (χ1v) is 5.66. The normalized spacial score (nSPS) is 10.7. The Morgan fingerprint density at radius 1 is 1.42 bits per heavy atom. The Morgan fingerprint density at radius 2 is 2.26 bits per heavy atom. The fourth-order valence-corrected chi connectivity index (χ4v) is 1.80. The molecule has 4 N–H and O–H groups in total. The van der Waals surface area contributed by atoms with Crippen LogP contribution in [0.4, 0.5) is 11.5 Å². The molecular weight excluding hydrogens is 246 g/mol. The number of benzene rings is 1. The number of hydrogen-bond acceptors (Lipinski definition) is 5. The molecule has 0 saturated heterocycles. The summed E-state index contributed by atoms with van der Waals surface area (Å²) >= 11 is 0. The molecule has 3 rings (SSSR count). The number of nitrogens with zero attached hydrogens (tertiary/aromatic N) is 2. The van der Waals surface area contributed by atoms with E-state index in [1.54, 1.807) is 6.07 Å². The molecule has 2 aromatic heterocycles. The summed E-state index contributed by atoms with van der Waals surface area (Å²) in [6, 6.07) is 7.38. The number of aromatic amines is 1. The number of nitrogen functional groups attached to an aromatic ring is 1. The highest BCUT2D eigenvalue weighted by Gasteiger charge is 2.13. The maximum Gasteiger partial charge on any atom is 0.231 e. The summed E-state index contributed by atoms with van der Waals surface area (Å²) in [7, 11) is 0. The quantitative estimate of drug-likeness (QED) is 0.655. The number of aromatic nitrogens is 3. The van der Waals surface area contributed by atoms with Crippen molar-refractivity contribution in [2.24, 2.45) is 0 Å². The molecule has 0 unspecified atom stereocenters. The highest BCUT2D eigenvalue weighted by atomic mass is 16.5. The predicted molar refractivity (Wildman–Crippen MR) is 69.3 cm³/mol. The topological polar surface area (TPSA) is 110 Å². The zero-order valence-electron chi connectivity index (χ0n) is 9.88. The van der Waals surface area contributed by atoms with Gasteiger partial charge in [0.25, 0.3) is 0 Å². The lowest BCUT2D eigenvalue weighted by Gasteiger charge is -2.01. The van der Waals surface area contributed by atoms with Gasteiger partial charge < -0.3 is 15.6 Å². The van der Waals surface area contributed by atoms with Gasteiger partial charge in [-0.1, -0.05) is 17.3 Å². The Kier molecular flexibility index (Phi) is 2.64. The highest BCUT2D eigenvalue weighted by Crippen LogP contribution is 2.19. The molecule has 19 heavy (non-hydrogen) atoms. The fraction of sp³-hybridized carbons (Fsp3) is 0.0833. The van der Waals surface area contributed by atoms with E-state index in [4.69, 9.17) is 10.3 Å². The van der Waals surface area contributed by atoms with Gasteiger partial charge in [-0.25, -0.2) is 0 Å². The van der Waals surface area contributed by atoms with Crippen LogP contribution in [0.5, 0.6) is 0 Å². The molecule has 96 valence electrons. The summed E-state index contributed by atoms with van der Waals surface area (Å²) in [5.41, 5.74) is 7.25. The minimum absolute atomic E-state index is 0.107. The molecule has 0 aliphatic carbocycles. The summed E-state index contributed by atoms with van der Waals surface area (Å²) < 4.78 is 5.13. The zero-order chi connectivity index (χ0) is 13.2. The van der Waals surface area contributed by atoms with Crippen LogP contribution in [-0.4, -0.2) is 21.3 Å². The number of nitrogens with two attached hydrogens (primary N) is 1. The van der Waals surface area contributed by atoms with Crippen LogP contribution in [-0.2, 0) is 11.2 Å². The van der Waals surface area contributed by atoms with Gasteiger partial charge in [-0.15, -0.1) is 0 Å². The standard InChI is InChI=1S/C12H11N5O2/c13-8-6-14-16-12(8)15-11(18)5-9-7-3-1-2-4-10(7)19-17-9/h1-4,6H,5,13H2,(H2,14,15,16,18). The molecule has 0 spiro atoms. The third kappa shape index (κ3) is 2.13. The Hall–Kier alpha value is -2.83. The van der Waals surface area contributed by atoms with E-state index in [0.29, 0.717) is 22.8 Å². The summed E-state index contributed by atoms with van der Waals surface area (Å²) in [5.74, 6) is 0.146. The van der Waals surface area contributed by atoms with Crippen molar-refractivity contribution in [3.8, 4) is 0 Å². The lowest BCUT2D eigenvalue weighted by atomic mass is 10.1. The smallest absolute Gasteiger partial charge is 0.231 e. The van der Waals surface area contributed by atoms with Gasteiger partial charge in [0, 0.05) is 5.39 Å². The lowest BCUT2D eigenvalue weighted by Crippen LogP contribution is -2.15. The number of H-pyrrole nitrogens is 1. The van der Waals surface area contributed by atoms with Crippen LogP contribution in [0.25, 0.3) is 11.0 Å². The number of rotatable bonds is 3. The van der Waals surface area contributed by atoms with Crippen molar-refractivity contribution in [1.82, 2.24) is 15.4 Å². The molecule has 0 fully saturated rings. The molecule has 2 heterocycles. The van der Waals surface area contributed by atoms with Crippen molar-refractivity contribution in [2.75, 3.05) is 11.1 Å². The van der Waals surface area contributed by atoms with Gasteiger partial charge in [0.05, 0.1) is 18.3 Å². The average Bonchev–Trinajstić information content (AvgIpc) is 2.98. The zero-order valence-corrected chi connectivity index (χ0v) is 9.88. The first-order valence-electron chi connectivity index (χ1n) is 5.66. The Bertz CT molecular complexity index is 730. The van der Waals surface area contributed by atoms with Crippen molar-refractivity contribution in [3.63, 3.8) is 0 Å². The molecule has 0 bridgehead atoms. The first-order chi connectivity index (χ1) is 9.24. The van der Waals surface area contributed by atoms with Crippen molar-refractivity contribution in [2.45, 2.75) is 6.42 Å². The Balaban J connectivity index is 1.78. The number of carbonyl (C=O) groups is 1. The van der Waals surface area contributed by atoms with Gasteiger partial charge in [-0.05, 0) is 12.1 Å². The Labute approximate surface area is 107 Å². The molecule has 1 aromatic carbocycles. The maximum absolute atomic E-state index is 11.9. The number of amides is 1. The van der Waals surface area contributed by atoms with Crippen LogP contribution >= 0.6 is 0 Å². The predicted octanol–water partition coefficient (Wildman–Crippen LogP) is 1.31. The van der Waals surface area contributed by atoms with Crippen molar-refractivity contribution in [3.05, 3.63) is 36.2 Å². The SMILES string of the molecule is Nc1cn[nH]c1NC(=O)Cc1noc2ccccc12. The van der Waals surface area contributed by atoms with Crippen molar-refractivity contribution < 1.29 is 9.32 Å². The minimum Gasteiger partial charge on any atom is -0.394 e. The van der Waals surface area contributed by atoms with Gasteiger partial charge >= 0.3 is 0 Å². The van der Waals surface area contributed by atoms with Crippen LogP contribution in [0.2, 0.25) is 0 Å². The van der Waals surface area contributed by atoms with Crippen LogP contribution in [0.1, 0.15) is 5.69 Å². The number of nitrogens with one attached hydrogen (secondary N) is 2. The van der Waals surface area contributed by atoms with Gasteiger partial charge in [0.1, 0.15) is 5.69 Å². The van der Waals surface area contributed by atoms with Gasteiger partial charge in [0.15, 0.2) is 11.4 Å². The molecule has 1 amide bonds. The maximum atomic E-state index is 11.9. The summed E-state index contributed by atoms with van der Waals surface area (Å²) in [4.78, 5) is 11.9. The molecule has 7 heteroatoms. The molecule has 0 atom stereocenters. The molecular formula is C12H11N5O2. The van der Waals surface area contributed by atoms with Crippen LogP contribution < -0.4 is 11.1 Å². The van der Waals surface area contributed by atoms with Gasteiger partial charge in [-0.2, -0.15) is 5.10 Å². The molecule has 0 aliphatic rings. The van der Waals surface area contributed by atoms with E-state index in [1.165, 1.54) is 6.20 Å².